The van der Waals surface area contributed by atoms with Crippen molar-refractivity contribution in [1.82, 2.24) is 15.5 Å². The van der Waals surface area contributed by atoms with E-state index in [1.165, 1.54) is 19.3 Å². The number of halogens is 1. The van der Waals surface area contributed by atoms with E-state index >= 15 is 0 Å². The summed E-state index contributed by atoms with van der Waals surface area (Å²) in [5.74, 6) is 0.534. The SMILES string of the molecule is Clc1ccc(OC[C@@H]2CCCCN2)nn1. The van der Waals surface area contributed by atoms with Gasteiger partial charge in [-0.3, -0.25) is 0 Å². The second kappa shape index (κ2) is 5.28. The third-order valence-electron chi connectivity index (χ3n) is 2.45. The van der Waals surface area contributed by atoms with Crippen LogP contribution in [-0.4, -0.2) is 29.4 Å². The first-order chi connectivity index (χ1) is 7.34. The van der Waals surface area contributed by atoms with Crippen molar-refractivity contribution in [1.29, 1.82) is 0 Å². The normalized spacial score (nSPS) is 21.3. The minimum atomic E-state index is 0.387. The Balaban J connectivity index is 1.79. The summed E-state index contributed by atoms with van der Waals surface area (Å²) in [5, 5.41) is 11.3. The van der Waals surface area contributed by atoms with Crippen molar-refractivity contribution in [2.75, 3.05) is 13.2 Å². The summed E-state index contributed by atoms with van der Waals surface area (Å²) in [4.78, 5) is 0. The monoisotopic (exact) mass is 227 g/mol. The average molecular weight is 228 g/mol. The van der Waals surface area contributed by atoms with Crippen LogP contribution < -0.4 is 10.1 Å². The molecule has 0 saturated carbocycles. The highest BCUT2D eigenvalue weighted by Crippen LogP contribution is 2.11. The number of aromatic nitrogens is 2. The molecule has 1 aromatic heterocycles. The molecular formula is C10H14ClN3O. The van der Waals surface area contributed by atoms with Gasteiger partial charge in [0.25, 0.3) is 0 Å². The summed E-state index contributed by atoms with van der Waals surface area (Å²) < 4.78 is 5.51. The molecule has 1 atom stereocenters. The molecular weight excluding hydrogens is 214 g/mol. The van der Waals surface area contributed by atoms with E-state index in [1.54, 1.807) is 12.1 Å². The molecule has 5 heteroatoms. The molecule has 0 bridgehead atoms. The maximum atomic E-state index is 5.62. The van der Waals surface area contributed by atoms with Crippen molar-refractivity contribution in [3.8, 4) is 5.88 Å². The van der Waals surface area contributed by atoms with Crippen LogP contribution in [0, 0.1) is 0 Å². The molecule has 1 aliphatic rings. The van der Waals surface area contributed by atoms with Crippen LogP contribution in [0.4, 0.5) is 0 Å². The molecule has 2 heterocycles. The molecule has 1 N–H and O–H groups in total. The molecule has 1 saturated heterocycles. The molecule has 0 spiro atoms. The van der Waals surface area contributed by atoms with Crippen LogP contribution in [0.2, 0.25) is 5.15 Å². The van der Waals surface area contributed by atoms with Gasteiger partial charge in [0.05, 0.1) is 0 Å². The van der Waals surface area contributed by atoms with E-state index in [9.17, 15) is 0 Å². The number of hydrogen-bond acceptors (Lipinski definition) is 4. The zero-order chi connectivity index (χ0) is 10.5. The van der Waals surface area contributed by atoms with Crippen LogP contribution in [0.1, 0.15) is 19.3 Å². The Labute approximate surface area is 94.0 Å². The average Bonchev–Trinajstić information content (AvgIpc) is 2.30. The number of rotatable bonds is 3. The van der Waals surface area contributed by atoms with Gasteiger partial charge in [-0.15, -0.1) is 10.2 Å². The van der Waals surface area contributed by atoms with Crippen molar-refractivity contribution in [3.63, 3.8) is 0 Å². The lowest BCUT2D eigenvalue weighted by atomic mass is 10.1. The smallest absolute Gasteiger partial charge is 0.233 e. The second-order valence-electron chi connectivity index (χ2n) is 3.65. The van der Waals surface area contributed by atoms with Crippen LogP contribution in [0.5, 0.6) is 5.88 Å². The highest BCUT2D eigenvalue weighted by Gasteiger charge is 2.13. The zero-order valence-corrected chi connectivity index (χ0v) is 9.20. The van der Waals surface area contributed by atoms with Crippen molar-refractivity contribution in [2.24, 2.45) is 0 Å². The predicted molar refractivity (Wildman–Crippen MR) is 58.2 cm³/mol. The number of nitrogens with one attached hydrogen (secondary N) is 1. The first-order valence-electron chi connectivity index (χ1n) is 5.20. The van der Waals surface area contributed by atoms with Crippen molar-refractivity contribution in [2.45, 2.75) is 25.3 Å². The van der Waals surface area contributed by atoms with Crippen LogP contribution in [-0.2, 0) is 0 Å². The molecule has 0 radical (unpaired) electrons. The molecule has 0 unspecified atom stereocenters. The second-order valence-corrected chi connectivity index (χ2v) is 4.04. The lowest BCUT2D eigenvalue weighted by Gasteiger charge is -2.22. The van der Waals surface area contributed by atoms with E-state index in [1.807, 2.05) is 0 Å². The largest absolute Gasteiger partial charge is 0.475 e. The fourth-order valence-electron chi connectivity index (χ4n) is 1.63. The van der Waals surface area contributed by atoms with Gasteiger partial charge in [-0.25, -0.2) is 0 Å². The first-order valence-corrected chi connectivity index (χ1v) is 5.58. The highest BCUT2D eigenvalue weighted by atomic mass is 35.5. The number of hydrogen-bond donors (Lipinski definition) is 1. The summed E-state index contributed by atoms with van der Waals surface area (Å²) in [7, 11) is 0. The molecule has 82 valence electrons. The predicted octanol–water partition coefficient (Wildman–Crippen LogP) is 1.65. The number of ether oxygens (including phenoxy) is 1. The van der Waals surface area contributed by atoms with Crippen LogP contribution in [0.3, 0.4) is 0 Å². The maximum absolute atomic E-state index is 5.62. The molecule has 1 aliphatic heterocycles. The van der Waals surface area contributed by atoms with Gasteiger partial charge in [0, 0.05) is 12.1 Å². The molecule has 0 amide bonds. The fourth-order valence-corrected chi connectivity index (χ4v) is 1.73. The van der Waals surface area contributed by atoms with Gasteiger partial charge in [-0.2, -0.15) is 0 Å². The Kier molecular flexibility index (Phi) is 3.75. The van der Waals surface area contributed by atoms with Gasteiger partial charge in [0.1, 0.15) is 6.61 Å². The summed E-state index contributed by atoms with van der Waals surface area (Å²) in [5.41, 5.74) is 0. The van der Waals surface area contributed by atoms with Gasteiger partial charge in [0.2, 0.25) is 5.88 Å². The van der Waals surface area contributed by atoms with E-state index in [0.717, 1.165) is 6.54 Å². The van der Waals surface area contributed by atoms with Crippen molar-refractivity contribution < 1.29 is 4.74 Å². The quantitative estimate of drug-likeness (QED) is 0.853. The molecule has 1 fully saturated rings. The molecule has 4 nitrogen and oxygen atoms in total. The van der Waals surface area contributed by atoms with Crippen LogP contribution in [0.15, 0.2) is 12.1 Å². The van der Waals surface area contributed by atoms with E-state index in [0.29, 0.717) is 23.7 Å². The van der Waals surface area contributed by atoms with Gasteiger partial charge in [0.15, 0.2) is 5.15 Å². The van der Waals surface area contributed by atoms with E-state index < -0.39 is 0 Å². The lowest BCUT2D eigenvalue weighted by molar-refractivity contribution is 0.230. The van der Waals surface area contributed by atoms with Gasteiger partial charge in [-0.1, -0.05) is 18.0 Å². The third kappa shape index (κ3) is 3.32. The minimum Gasteiger partial charge on any atom is -0.475 e. The minimum absolute atomic E-state index is 0.387. The van der Waals surface area contributed by atoms with Gasteiger partial charge in [-0.05, 0) is 25.5 Å². The molecule has 2 rings (SSSR count). The Morgan fingerprint density at radius 2 is 2.33 bits per heavy atom. The van der Waals surface area contributed by atoms with Crippen molar-refractivity contribution >= 4 is 11.6 Å². The van der Waals surface area contributed by atoms with E-state index in [4.69, 9.17) is 16.3 Å². The fraction of sp³-hybridized carbons (Fsp3) is 0.600. The number of nitrogens with zero attached hydrogens (tertiary/aromatic N) is 2. The van der Waals surface area contributed by atoms with E-state index in [2.05, 4.69) is 15.5 Å². The van der Waals surface area contributed by atoms with Crippen molar-refractivity contribution in [3.05, 3.63) is 17.3 Å². The highest BCUT2D eigenvalue weighted by molar-refractivity contribution is 6.29. The Morgan fingerprint density at radius 1 is 1.40 bits per heavy atom. The Bertz CT molecular complexity index is 298. The number of piperidine rings is 1. The topological polar surface area (TPSA) is 47.0 Å². The molecule has 1 aromatic rings. The summed E-state index contributed by atoms with van der Waals surface area (Å²) >= 11 is 5.62. The van der Waals surface area contributed by atoms with Crippen LogP contribution >= 0.6 is 11.6 Å². The van der Waals surface area contributed by atoms with Gasteiger partial charge >= 0.3 is 0 Å². The molecule has 0 aromatic carbocycles. The Hall–Kier alpha value is -0.870. The summed E-state index contributed by atoms with van der Waals surface area (Å²) in [6.45, 7) is 1.73. The van der Waals surface area contributed by atoms with E-state index in [-0.39, 0.29) is 0 Å². The van der Waals surface area contributed by atoms with Crippen LogP contribution in [0.25, 0.3) is 0 Å². The summed E-state index contributed by atoms with van der Waals surface area (Å²) in [6, 6.07) is 3.85. The molecule has 0 aliphatic carbocycles. The van der Waals surface area contributed by atoms with Gasteiger partial charge < -0.3 is 10.1 Å². The maximum Gasteiger partial charge on any atom is 0.233 e. The summed E-state index contributed by atoms with van der Waals surface area (Å²) in [6.07, 6.45) is 3.70. The molecule has 15 heavy (non-hydrogen) atoms. The Morgan fingerprint density at radius 3 is 3.00 bits per heavy atom. The third-order valence-corrected chi connectivity index (χ3v) is 2.65. The standard InChI is InChI=1S/C10H14ClN3O/c11-9-4-5-10(14-13-9)15-7-8-3-1-2-6-12-8/h4-5,8,12H,1-3,6-7H2/t8-/m0/s1. The lowest BCUT2D eigenvalue weighted by Crippen LogP contribution is -2.38. The zero-order valence-electron chi connectivity index (χ0n) is 8.45. The first kappa shape index (κ1) is 10.6.